The van der Waals surface area contributed by atoms with Gasteiger partial charge in [-0.3, -0.25) is 0 Å². The van der Waals surface area contributed by atoms with E-state index in [1.54, 1.807) is 6.20 Å². The summed E-state index contributed by atoms with van der Waals surface area (Å²) in [4.78, 5) is 10.7. The Labute approximate surface area is 93.3 Å². The van der Waals surface area contributed by atoms with E-state index in [2.05, 4.69) is 5.32 Å². The molecule has 1 aliphatic heterocycles. The van der Waals surface area contributed by atoms with Gasteiger partial charge in [-0.25, -0.2) is 4.79 Å². The molecule has 1 heterocycles. The lowest BCUT2D eigenvalue weighted by atomic mass is 10.0. The number of carboxylic acids is 1. The summed E-state index contributed by atoms with van der Waals surface area (Å²) in [7, 11) is 0. The number of hydrogen-bond donors (Lipinski definition) is 2. The van der Waals surface area contributed by atoms with Crippen molar-refractivity contribution in [2.75, 3.05) is 5.32 Å². The van der Waals surface area contributed by atoms with Crippen molar-refractivity contribution in [3.8, 4) is 0 Å². The zero-order chi connectivity index (χ0) is 9.26. The molecule has 1 aliphatic rings. The molecule has 0 fully saturated rings. The van der Waals surface area contributed by atoms with Crippen LogP contribution in [0.2, 0.25) is 0 Å². The van der Waals surface area contributed by atoms with Gasteiger partial charge in [-0.05, 0) is 11.6 Å². The summed E-state index contributed by atoms with van der Waals surface area (Å²) in [5.74, 6) is -0.859. The van der Waals surface area contributed by atoms with Gasteiger partial charge in [0.2, 0.25) is 0 Å². The molecule has 0 aliphatic carbocycles. The Morgan fingerprint density at radius 3 is 2.67 bits per heavy atom. The average molecular weight is 230 g/mol. The van der Waals surface area contributed by atoms with Crippen molar-refractivity contribution in [2.45, 2.75) is 6.42 Å². The van der Waals surface area contributed by atoms with Crippen molar-refractivity contribution in [3.05, 3.63) is 41.6 Å². The standard InChI is InChI=1S/C10H9NO2.ClH.H2O/c12-10(13)8-5-7-3-1-2-4-9(7)11-6-8;;/h1-4,6,11H,5H2,(H,12,13);1H;1H2. The summed E-state index contributed by atoms with van der Waals surface area (Å²) in [6.45, 7) is 0. The maximum atomic E-state index is 10.7. The fourth-order valence-corrected chi connectivity index (χ4v) is 1.37. The highest BCUT2D eigenvalue weighted by molar-refractivity contribution is 5.89. The zero-order valence-corrected chi connectivity index (χ0v) is 8.67. The minimum absolute atomic E-state index is 0. The lowest BCUT2D eigenvalue weighted by Crippen LogP contribution is -2.11. The van der Waals surface area contributed by atoms with Crippen LogP contribution in [0, 0.1) is 0 Å². The first-order valence-electron chi connectivity index (χ1n) is 4.04. The van der Waals surface area contributed by atoms with E-state index in [1.165, 1.54) is 0 Å². The van der Waals surface area contributed by atoms with E-state index in [1.807, 2.05) is 24.3 Å². The molecule has 0 spiro atoms. The van der Waals surface area contributed by atoms with Crippen LogP contribution in [0.3, 0.4) is 0 Å². The van der Waals surface area contributed by atoms with Crippen molar-refractivity contribution in [3.63, 3.8) is 0 Å². The maximum Gasteiger partial charge on any atom is 0.333 e. The molecule has 0 saturated carbocycles. The van der Waals surface area contributed by atoms with Gasteiger partial charge in [0.05, 0.1) is 5.57 Å². The Bertz CT molecular complexity index is 390. The summed E-state index contributed by atoms with van der Waals surface area (Å²) < 4.78 is 0. The molecule has 0 atom stereocenters. The highest BCUT2D eigenvalue weighted by atomic mass is 35.5. The molecule has 1 aromatic rings. The van der Waals surface area contributed by atoms with Gasteiger partial charge in [0, 0.05) is 18.3 Å². The zero-order valence-electron chi connectivity index (χ0n) is 7.86. The van der Waals surface area contributed by atoms with Crippen LogP contribution >= 0.6 is 12.4 Å². The van der Waals surface area contributed by atoms with E-state index in [0.29, 0.717) is 12.0 Å². The molecule has 0 bridgehead atoms. The van der Waals surface area contributed by atoms with Crippen LogP contribution in [0.4, 0.5) is 5.69 Å². The van der Waals surface area contributed by atoms with E-state index < -0.39 is 5.97 Å². The number of halogens is 1. The number of para-hydroxylation sites is 1. The van der Waals surface area contributed by atoms with Crippen LogP contribution < -0.4 is 5.32 Å². The second-order valence-electron chi connectivity index (χ2n) is 2.95. The van der Waals surface area contributed by atoms with Gasteiger partial charge in [-0.15, -0.1) is 12.4 Å². The number of benzene rings is 1. The van der Waals surface area contributed by atoms with Crippen LogP contribution in [0.15, 0.2) is 36.0 Å². The third kappa shape index (κ3) is 2.71. The molecule has 0 radical (unpaired) electrons. The topological polar surface area (TPSA) is 80.8 Å². The number of carboxylic acid groups (broad SMARTS) is 1. The number of fused-ring (bicyclic) bond motifs is 1. The van der Waals surface area contributed by atoms with Gasteiger partial charge in [-0.2, -0.15) is 0 Å². The molecule has 4 nitrogen and oxygen atoms in total. The number of rotatable bonds is 1. The van der Waals surface area contributed by atoms with Gasteiger partial charge >= 0.3 is 5.97 Å². The predicted octanol–water partition coefficient (Wildman–Crippen LogP) is 1.22. The third-order valence-electron chi connectivity index (χ3n) is 2.07. The van der Waals surface area contributed by atoms with Gasteiger partial charge in [0.25, 0.3) is 0 Å². The first kappa shape index (κ1) is 13.5. The van der Waals surface area contributed by atoms with Gasteiger partial charge in [0.1, 0.15) is 0 Å². The number of carbonyl (C=O) groups is 1. The maximum absolute atomic E-state index is 10.7. The highest BCUT2D eigenvalue weighted by Crippen LogP contribution is 2.22. The molecule has 2 rings (SSSR count). The van der Waals surface area contributed by atoms with Gasteiger partial charge < -0.3 is 15.9 Å². The van der Waals surface area contributed by atoms with Gasteiger partial charge in [0.15, 0.2) is 0 Å². The van der Waals surface area contributed by atoms with E-state index >= 15 is 0 Å². The lowest BCUT2D eigenvalue weighted by Gasteiger charge is -2.15. The first-order chi connectivity index (χ1) is 6.27. The van der Waals surface area contributed by atoms with Gasteiger partial charge in [-0.1, -0.05) is 18.2 Å². The third-order valence-corrected chi connectivity index (χ3v) is 2.07. The first-order valence-corrected chi connectivity index (χ1v) is 4.04. The molecular weight excluding hydrogens is 218 g/mol. The molecule has 82 valence electrons. The second kappa shape index (κ2) is 5.38. The molecule has 0 amide bonds. The highest BCUT2D eigenvalue weighted by Gasteiger charge is 2.14. The molecule has 1 aromatic carbocycles. The molecule has 4 N–H and O–H groups in total. The monoisotopic (exact) mass is 229 g/mol. The average Bonchev–Trinajstić information content (AvgIpc) is 2.17. The Balaban J connectivity index is 0.000000980. The van der Waals surface area contributed by atoms with E-state index in [4.69, 9.17) is 5.11 Å². The Kier molecular flexibility index (Phi) is 4.84. The summed E-state index contributed by atoms with van der Waals surface area (Å²) in [5, 5.41) is 11.7. The minimum Gasteiger partial charge on any atom is -0.478 e. The fraction of sp³-hybridized carbons (Fsp3) is 0.100. The normalized spacial score (nSPS) is 12.1. The van der Waals surface area contributed by atoms with Crippen LogP contribution in [0.25, 0.3) is 0 Å². The summed E-state index contributed by atoms with van der Waals surface area (Å²) in [5.41, 5.74) is 2.42. The molecule has 0 saturated heterocycles. The quantitative estimate of drug-likeness (QED) is 0.760. The number of aliphatic carboxylic acids is 1. The predicted molar refractivity (Wildman–Crippen MR) is 60.3 cm³/mol. The van der Waals surface area contributed by atoms with Crippen LogP contribution in [0.1, 0.15) is 5.56 Å². The van der Waals surface area contributed by atoms with Crippen molar-refractivity contribution in [1.82, 2.24) is 0 Å². The van der Waals surface area contributed by atoms with Crippen LogP contribution in [0.5, 0.6) is 0 Å². The molecule has 5 heteroatoms. The van der Waals surface area contributed by atoms with Crippen LogP contribution in [-0.4, -0.2) is 16.6 Å². The largest absolute Gasteiger partial charge is 0.478 e. The molecular formula is C10H12ClNO3. The Morgan fingerprint density at radius 2 is 2.00 bits per heavy atom. The van der Waals surface area contributed by atoms with E-state index in [9.17, 15) is 4.79 Å². The Hall–Kier alpha value is -1.52. The molecule has 15 heavy (non-hydrogen) atoms. The summed E-state index contributed by atoms with van der Waals surface area (Å²) >= 11 is 0. The van der Waals surface area contributed by atoms with E-state index in [-0.39, 0.29) is 17.9 Å². The number of anilines is 1. The molecule has 0 aromatic heterocycles. The second-order valence-corrected chi connectivity index (χ2v) is 2.95. The van der Waals surface area contributed by atoms with Crippen molar-refractivity contribution in [2.24, 2.45) is 0 Å². The minimum atomic E-state index is -0.859. The summed E-state index contributed by atoms with van der Waals surface area (Å²) in [6, 6.07) is 7.69. The smallest absolute Gasteiger partial charge is 0.333 e. The fourth-order valence-electron chi connectivity index (χ4n) is 1.37. The van der Waals surface area contributed by atoms with Crippen molar-refractivity contribution < 1.29 is 15.4 Å². The lowest BCUT2D eigenvalue weighted by molar-refractivity contribution is -0.132. The van der Waals surface area contributed by atoms with Crippen LogP contribution in [-0.2, 0) is 11.2 Å². The molecule has 0 unspecified atom stereocenters. The number of nitrogens with one attached hydrogen (secondary N) is 1. The van der Waals surface area contributed by atoms with Crippen molar-refractivity contribution >= 4 is 24.1 Å². The SMILES string of the molecule is Cl.O.O=C(O)C1=CNc2ccccc2C1. The summed E-state index contributed by atoms with van der Waals surface area (Å²) in [6.07, 6.45) is 2.04. The Morgan fingerprint density at radius 1 is 1.33 bits per heavy atom. The van der Waals surface area contributed by atoms with Crippen molar-refractivity contribution in [1.29, 1.82) is 0 Å². The number of hydrogen-bond acceptors (Lipinski definition) is 2. The van der Waals surface area contributed by atoms with E-state index in [0.717, 1.165) is 11.3 Å².